The van der Waals surface area contributed by atoms with Gasteiger partial charge in [0.1, 0.15) is 0 Å². The van der Waals surface area contributed by atoms with Crippen molar-refractivity contribution in [3.63, 3.8) is 0 Å². The molecule has 0 aliphatic carbocycles. The molecule has 0 radical (unpaired) electrons. The van der Waals surface area contributed by atoms with E-state index >= 15 is 0 Å². The Morgan fingerprint density at radius 1 is 1.19 bits per heavy atom. The smallest absolute Gasteiger partial charge is 0.335 e. The minimum atomic E-state index is -0.894. The largest absolute Gasteiger partial charge is 0.478 e. The van der Waals surface area contributed by atoms with Gasteiger partial charge in [-0.25, -0.2) is 4.79 Å². The zero-order valence-corrected chi connectivity index (χ0v) is 9.24. The van der Waals surface area contributed by atoms with Gasteiger partial charge >= 0.3 is 5.97 Å². The lowest BCUT2D eigenvalue weighted by molar-refractivity contribution is 0.0697. The summed E-state index contributed by atoms with van der Waals surface area (Å²) in [5.41, 5.74) is 4.77. The molecule has 0 saturated carbocycles. The molecule has 1 heterocycles. The molecule has 1 aromatic heterocycles. The van der Waals surface area contributed by atoms with Crippen molar-refractivity contribution in [1.29, 1.82) is 0 Å². The Balaban J connectivity index is 2.46. The number of aromatic carboxylic acids is 1. The summed E-state index contributed by atoms with van der Waals surface area (Å²) >= 11 is 0. The van der Waals surface area contributed by atoms with E-state index in [1.54, 1.807) is 12.1 Å². The van der Waals surface area contributed by atoms with Crippen molar-refractivity contribution in [2.24, 2.45) is 0 Å². The summed E-state index contributed by atoms with van der Waals surface area (Å²) in [5.74, 6) is -0.894. The standard InChI is InChI=1S/C13H13NO2/c1-8-7-14-9(2)12(8)10-3-5-11(6-4-10)13(15)16/h3-7,14H,1-2H3,(H,15,16). The predicted octanol–water partition coefficient (Wildman–Crippen LogP) is 3.00. The Morgan fingerprint density at radius 3 is 2.25 bits per heavy atom. The van der Waals surface area contributed by atoms with E-state index in [1.165, 1.54) is 5.56 Å². The first-order valence-corrected chi connectivity index (χ1v) is 5.08. The topological polar surface area (TPSA) is 53.1 Å². The van der Waals surface area contributed by atoms with Gasteiger partial charge in [-0.3, -0.25) is 0 Å². The molecule has 1 aromatic carbocycles. The van der Waals surface area contributed by atoms with Crippen molar-refractivity contribution in [3.05, 3.63) is 47.3 Å². The number of nitrogens with one attached hydrogen (secondary N) is 1. The van der Waals surface area contributed by atoms with Gasteiger partial charge in [0.2, 0.25) is 0 Å². The third-order valence-corrected chi connectivity index (χ3v) is 2.70. The van der Waals surface area contributed by atoms with Crippen LogP contribution in [0.15, 0.2) is 30.5 Å². The van der Waals surface area contributed by atoms with Gasteiger partial charge < -0.3 is 10.1 Å². The van der Waals surface area contributed by atoms with E-state index in [0.717, 1.165) is 16.8 Å². The van der Waals surface area contributed by atoms with Gasteiger partial charge in [-0.2, -0.15) is 0 Å². The number of carbonyl (C=O) groups is 1. The monoisotopic (exact) mass is 215 g/mol. The molecule has 0 unspecified atom stereocenters. The molecule has 16 heavy (non-hydrogen) atoms. The summed E-state index contributed by atoms with van der Waals surface area (Å²) in [7, 11) is 0. The number of H-pyrrole nitrogens is 1. The second-order valence-corrected chi connectivity index (χ2v) is 3.85. The zero-order valence-electron chi connectivity index (χ0n) is 9.24. The van der Waals surface area contributed by atoms with Gasteiger partial charge in [0.25, 0.3) is 0 Å². The van der Waals surface area contributed by atoms with Crippen LogP contribution in [0.2, 0.25) is 0 Å². The van der Waals surface area contributed by atoms with Crippen LogP contribution in [0.25, 0.3) is 11.1 Å². The maximum atomic E-state index is 10.7. The van der Waals surface area contributed by atoms with E-state index in [2.05, 4.69) is 4.98 Å². The number of aromatic nitrogens is 1. The van der Waals surface area contributed by atoms with Crippen molar-refractivity contribution < 1.29 is 9.90 Å². The van der Waals surface area contributed by atoms with Crippen molar-refractivity contribution in [1.82, 2.24) is 4.98 Å². The molecule has 2 aromatic rings. The van der Waals surface area contributed by atoms with Crippen LogP contribution in [-0.2, 0) is 0 Å². The highest BCUT2D eigenvalue weighted by Crippen LogP contribution is 2.26. The maximum absolute atomic E-state index is 10.7. The molecule has 0 saturated heterocycles. The van der Waals surface area contributed by atoms with Crippen LogP contribution in [0, 0.1) is 13.8 Å². The van der Waals surface area contributed by atoms with E-state index in [0.29, 0.717) is 5.56 Å². The molecule has 0 aliphatic heterocycles. The molecular formula is C13H13NO2. The van der Waals surface area contributed by atoms with E-state index in [4.69, 9.17) is 5.11 Å². The van der Waals surface area contributed by atoms with Crippen LogP contribution in [-0.4, -0.2) is 16.1 Å². The van der Waals surface area contributed by atoms with Gasteiger partial charge in [-0.1, -0.05) is 12.1 Å². The highest BCUT2D eigenvalue weighted by atomic mass is 16.4. The van der Waals surface area contributed by atoms with Crippen molar-refractivity contribution >= 4 is 5.97 Å². The molecule has 0 aliphatic rings. The first kappa shape index (κ1) is 10.5. The average Bonchev–Trinajstić information content (AvgIpc) is 2.59. The number of hydrogen-bond acceptors (Lipinski definition) is 1. The molecule has 2 N–H and O–H groups in total. The molecular weight excluding hydrogens is 202 g/mol. The lowest BCUT2D eigenvalue weighted by Gasteiger charge is -2.03. The highest BCUT2D eigenvalue weighted by molar-refractivity contribution is 5.88. The Hall–Kier alpha value is -2.03. The highest BCUT2D eigenvalue weighted by Gasteiger charge is 2.08. The molecule has 0 atom stereocenters. The second-order valence-electron chi connectivity index (χ2n) is 3.85. The third kappa shape index (κ3) is 1.72. The Labute approximate surface area is 93.7 Å². The fourth-order valence-electron chi connectivity index (χ4n) is 1.88. The summed E-state index contributed by atoms with van der Waals surface area (Å²) in [4.78, 5) is 13.9. The average molecular weight is 215 g/mol. The number of aromatic amines is 1. The van der Waals surface area contributed by atoms with Crippen LogP contribution in [0.3, 0.4) is 0 Å². The van der Waals surface area contributed by atoms with E-state index in [-0.39, 0.29) is 0 Å². The molecule has 0 spiro atoms. The quantitative estimate of drug-likeness (QED) is 0.809. The molecule has 0 amide bonds. The number of benzene rings is 1. The SMILES string of the molecule is Cc1c[nH]c(C)c1-c1ccc(C(=O)O)cc1. The molecule has 82 valence electrons. The van der Waals surface area contributed by atoms with Gasteiger partial charge in [0.05, 0.1) is 5.56 Å². The van der Waals surface area contributed by atoms with Gasteiger partial charge in [0, 0.05) is 17.5 Å². The number of rotatable bonds is 2. The Bertz CT molecular complexity index is 504. The van der Waals surface area contributed by atoms with E-state index in [9.17, 15) is 4.79 Å². The third-order valence-electron chi connectivity index (χ3n) is 2.70. The summed E-state index contributed by atoms with van der Waals surface area (Å²) in [6, 6.07) is 6.94. The van der Waals surface area contributed by atoms with Crippen molar-refractivity contribution in [2.75, 3.05) is 0 Å². The van der Waals surface area contributed by atoms with E-state index in [1.807, 2.05) is 32.2 Å². The molecule has 3 heteroatoms. The predicted molar refractivity (Wildman–Crippen MR) is 62.7 cm³/mol. The first-order valence-electron chi connectivity index (χ1n) is 5.08. The van der Waals surface area contributed by atoms with Gasteiger partial charge in [-0.15, -0.1) is 0 Å². The summed E-state index contributed by atoms with van der Waals surface area (Å²) in [5, 5.41) is 8.81. The first-order chi connectivity index (χ1) is 7.59. The Kier molecular flexibility index (Phi) is 2.52. The number of carboxylic acid groups (broad SMARTS) is 1. The summed E-state index contributed by atoms with van der Waals surface area (Å²) in [6.07, 6.45) is 1.95. The zero-order chi connectivity index (χ0) is 11.7. The van der Waals surface area contributed by atoms with Gasteiger partial charge in [-0.05, 0) is 37.1 Å². The van der Waals surface area contributed by atoms with Crippen LogP contribution in [0.5, 0.6) is 0 Å². The van der Waals surface area contributed by atoms with Crippen LogP contribution < -0.4 is 0 Å². The summed E-state index contributed by atoms with van der Waals surface area (Å²) in [6.45, 7) is 4.04. The fraction of sp³-hybridized carbons (Fsp3) is 0.154. The van der Waals surface area contributed by atoms with Crippen molar-refractivity contribution in [3.8, 4) is 11.1 Å². The Morgan fingerprint density at radius 2 is 1.81 bits per heavy atom. The second kappa shape index (κ2) is 3.85. The normalized spacial score (nSPS) is 10.4. The van der Waals surface area contributed by atoms with Gasteiger partial charge in [0.15, 0.2) is 0 Å². The number of aryl methyl sites for hydroxylation is 2. The number of hydrogen-bond donors (Lipinski definition) is 2. The minimum absolute atomic E-state index is 0.314. The minimum Gasteiger partial charge on any atom is -0.478 e. The lowest BCUT2D eigenvalue weighted by Crippen LogP contribution is -1.95. The van der Waals surface area contributed by atoms with Crippen LogP contribution in [0.1, 0.15) is 21.6 Å². The number of carboxylic acids is 1. The van der Waals surface area contributed by atoms with Crippen molar-refractivity contribution in [2.45, 2.75) is 13.8 Å². The molecule has 3 nitrogen and oxygen atoms in total. The van der Waals surface area contributed by atoms with E-state index < -0.39 is 5.97 Å². The van der Waals surface area contributed by atoms with Crippen LogP contribution in [0.4, 0.5) is 0 Å². The lowest BCUT2D eigenvalue weighted by atomic mass is 10.0. The van der Waals surface area contributed by atoms with Crippen LogP contribution >= 0.6 is 0 Å². The molecule has 2 rings (SSSR count). The molecule has 0 fully saturated rings. The fourth-order valence-corrected chi connectivity index (χ4v) is 1.88. The maximum Gasteiger partial charge on any atom is 0.335 e. The molecule has 0 bridgehead atoms. The summed E-state index contributed by atoms with van der Waals surface area (Å²) < 4.78 is 0.